The van der Waals surface area contributed by atoms with Crippen molar-refractivity contribution in [2.45, 2.75) is 0 Å². The number of aromatic carboxylic acids is 1. The number of benzene rings is 1. The van der Waals surface area contributed by atoms with Crippen LogP contribution >= 0.6 is 11.6 Å². The highest BCUT2D eigenvalue weighted by molar-refractivity contribution is 6.32. The lowest BCUT2D eigenvalue weighted by Gasteiger charge is -2.01. The molecule has 5 heteroatoms. The highest BCUT2D eigenvalue weighted by Crippen LogP contribution is 2.20. The van der Waals surface area contributed by atoms with Crippen molar-refractivity contribution in [2.24, 2.45) is 0 Å². The normalized spacial score (nSPS) is 10.3. The van der Waals surface area contributed by atoms with Gasteiger partial charge in [0.25, 0.3) is 0 Å². The second-order valence-corrected chi connectivity index (χ2v) is 3.56. The standard InChI is InChI=1S/C11H6ClNO3/c12-10-8(5-14)3-6-1-2-7(11(15)16)4-9(6)13-10/h1-5H,(H,15,16). The van der Waals surface area contributed by atoms with E-state index < -0.39 is 5.97 Å². The number of carbonyl (C=O) groups is 2. The molecular formula is C11H6ClNO3. The number of halogens is 1. The molecule has 2 rings (SSSR count). The second-order valence-electron chi connectivity index (χ2n) is 3.20. The van der Waals surface area contributed by atoms with Gasteiger partial charge in [-0.3, -0.25) is 4.79 Å². The molecule has 1 aromatic heterocycles. The Morgan fingerprint density at radius 1 is 1.38 bits per heavy atom. The van der Waals surface area contributed by atoms with Crippen molar-refractivity contribution in [2.75, 3.05) is 0 Å². The Balaban J connectivity index is 2.71. The Bertz CT molecular complexity index is 595. The van der Waals surface area contributed by atoms with Crippen LogP contribution in [0.2, 0.25) is 5.15 Å². The number of fused-ring (bicyclic) bond motifs is 1. The number of pyridine rings is 1. The molecule has 1 heterocycles. The fourth-order valence-corrected chi connectivity index (χ4v) is 1.57. The molecule has 0 spiro atoms. The van der Waals surface area contributed by atoms with Crippen molar-refractivity contribution in [1.82, 2.24) is 4.98 Å². The third-order valence-corrected chi connectivity index (χ3v) is 2.47. The zero-order chi connectivity index (χ0) is 11.7. The smallest absolute Gasteiger partial charge is 0.335 e. The van der Waals surface area contributed by atoms with Crippen molar-refractivity contribution < 1.29 is 14.7 Å². The molecule has 0 aliphatic rings. The van der Waals surface area contributed by atoms with Gasteiger partial charge in [0.2, 0.25) is 0 Å². The molecule has 0 unspecified atom stereocenters. The van der Waals surface area contributed by atoms with E-state index in [1.54, 1.807) is 12.1 Å². The van der Waals surface area contributed by atoms with Crippen LogP contribution in [0.1, 0.15) is 20.7 Å². The summed E-state index contributed by atoms with van der Waals surface area (Å²) in [5.74, 6) is -1.03. The topological polar surface area (TPSA) is 67.3 Å². The summed E-state index contributed by atoms with van der Waals surface area (Å²) in [6.45, 7) is 0. The lowest BCUT2D eigenvalue weighted by molar-refractivity contribution is 0.0697. The van der Waals surface area contributed by atoms with Gasteiger partial charge in [0, 0.05) is 5.39 Å². The van der Waals surface area contributed by atoms with E-state index in [4.69, 9.17) is 16.7 Å². The summed E-state index contributed by atoms with van der Waals surface area (Å²) in [7, 11) is 0. The quantitative estimate of drug-likeness (QED) is 0.641. The van der Waals surface area contributed by atoms with Gasteiger partial charge in [0.05, 0.1) is 16.6 Å². The van der Waals surface area contributed by atoms with Gasteiger partial charge in [-0.1, -0.05) is 17.7 Å². The first-order valence-electron chi connectivity index (χ1n) is 4.40. The van der Waals surface area contributed by atoms with Crippen LogP contribution in [-0.2, 0) is 0 Å². The predicted octanol–water partition coefficient (Wildman–Crippen LogP) is 2.40. The van der Waals surface area contributed by atoms with Crippen molar-refractivity contribution in [3.8, 4) is 0 Å². The van der Waals surface area contributed by atoms with Crippen LogP contribution in [-0.4, -0.2) is 22.3 Å². The average Bonchev–Trinajstić information content (AvgIpc) is 2.27. The number of rotatable bonds is 2. The van der Waals surface area contributed by atoms with Crippen LogP contribution < -0.4 is 0 Å². The predicted molar refractivity (Wildman–Crippen MR) is 59.1 cm³/mol. The molecule has 0 fully saturated rings. The average molecular weight is 236 g/mol. The van der Waals surface area contributed by atoms with Crippen molar-refractivity contribution in [3.63, 3.8) is 0 Å². The van der Waals surface area contributed by atoms with Crippen molar-refractivity contribution in [1.29, 1.82) is 0 Å². The molecule has 80 valence electrons. The third kappa shape index (κ3) is 1.75. The van der Waals surface area contributed by atoms with Gasteiger partial charge < -0.3 is 5.11 Å². The van der Waals surface area contributed by atoms with Gasteiger partial charge in [-0.05, 0) is 18.2 Å². The highest BCUT2D eigenvalue weighted by Gasteiger charge is 2.07. The van der Waals surface area contributed by atoms with E-state index in [0.717, 1.165) is 0 Å². The van der Waals surface area contributed by atoms with E-state index in [-0.39, 0.29) is 16.3 Å². The van der Waals surface area contributed by atoms with Crippen molar-refractivity contribution in [3.05, 3.63) is 40.5 Å². The number of hydrogen-bond acceptors (Lipinski definition) is 3. The first-order valence-corrected chi connectivity index (χ1v) is 4.78. The largest absolute Gasteiger partial charge is 0.478 e. The molecule has 0 saturated carbocycles. The first-order chi connectivity index (χ1) is 7.61. The Kier molecular flexibility index (Phi) is 2.58. The maximum Gasteiger partial charge on any atom is 0.335 e. The molecule has 0 amide bonds. The molecule has 4 nitrogen and oxygen atoms in total. The number of hydrogen-bond donors (Lipinski definition) is 1. The fourth-order valence-electron chi connectivity index (χ4n) is 1.38. The third-order valence-electron chi connectivity index (χ3n) is 2.17. The number of carboxylic acids is 1. The van der Waals surface area contributed by atoms with E-state index in [1.165, 1.54) is 12.1 Å². The van der Waals surface area contributed by atoms with Crippen LogP contribution in [0.25, 0.3) is 10.9 Å². The number of carbonyl (C=O) groups excluding carboxylic acids is 1. The maximum atomic E-state index is 10.7. The lowest BCUT2D eigenvalue weighted by atomic mass is 10.1. The molecule has 0 aliphatic carbocycles. The van der Waals surface area contributed by atoms with Crippen LogP contribution in [0.15, 0.2) is 24.3 Å². The number of aldehydes is 1. The van der Waals surface area contributed by atoms with Gasteiger partial charge in [-0.25, -0.2) is 9.78 Å². The van der Waals surface area contributed by atoms with Gasteiger partial charge in [0.1, 0.15) is 5.15 Å². The lowest BCUT2D eigenvalue weighted by Crippen LogP contribution is -1.96. The minimum Gasteiger partial charge on any atom is -0.478 e. The molecule has 1 N–H and O–H groups in total. The summed E-state index contributed by atoms with van der Waals surface area (Å²) < 4.78 is 0. The first kappa shape index (κ1) is 10.6. The minimum atomic E-state index is -1.03. The van der Waals surface area contributed by atoms with Crippen LogP contribution in [0, 0.1) is 0 Å². The van der Waals surface area contributed by atoms with E-state index in [9.17, 15) is 9.59 Å². The van der Waals surface area contributed by atoms with Crippen LogP contribution in [0.4, 0.5) is 0 Å². The number of aromatic nitrogens is 1. The zero-order valence-electron chi connectivity index (χ0n) is 7.98. The molecule has 0 saturated heterocycles. The second kappa shape index (κ2) is 3.90. The highest BCUT2D eigenvalue weighted by atomic mass is 35.5. The fraction of sp³-hybridized carbons (Fsp3) is 0. The molecule has 16 heavy (non-hydrogen) atoms. The summed E-state index contributed by atoms with van der Waals surface area (Å²) in [5.41, 5.74) is 0.877. The summed E-state index contributed by atoms with van der Waals surface area (Å²) >= 11 is 5.75. The molecule has 1 aromatic carbocycles. The number of nitrogens with zero attached hydrogens (tertiary/aromatic N) is 1. The van der Waals surface area contributed by atoms with E-state index in [2.05, 4.69) is 4.98 Å². The summed E-state index contributed by atoms with van der Waals surface area (Å²) in [4.78, 5) is 25.3. The Hall–Kier alpha value is -1.94. The van der Waals surface area contributed by atoms with E-state index in [0.29, 0.717) is 17.2 Å². The maximum absolute atomic E-state index is 10.7. The van der Waals surface area contributed by atoms with Gasteiger partial charge >= 0.3 is 5.97 Å². The summed E-state index contributed by atoms with van der Waals surface area (Å²) in [6.07, 6.45) is 0.611. The van der Waals surface area contributed by atoms with E-state index in [1.807, 2.05) is 0 Å². The monoisotopic (exact) mass is 235 g/mol. The SMILES string of the molecule is O=Cc1cc2ccc(C(=O)O)cc2nc1Cl. The summed E-state index contributed by atoms with van der Waals surface area (Å²) in [6, 6.07) is 6.03. The Morgan fingerprint density at radius 3 is 2.75 bits per heavy atom. The molecule has 0 atom stereocenters. The minimum absolute atomic E-state index is 0.0741. The van der Waals surface area contributed by atoms with Crippen LogP contribution in [0.5, 0.6) is 0 Å². The number of carboxylic acid groups (broad SMARTS) is 1. The van der Waals surface area contributed by atoms with Crippen molar-refractivity contribution >= 4 is 34.8 Å². The molecular weight excluding hydrogens is 230 g/mol. The van der Waals surface area contributed by atoms with E-state index >= 15 is 0 Å². The molecule has 0 radical (unpaired) electrons. The zero-order valence-corrected chi connectivity index (χ0v) is 8.73. The summed E-state index contributed by atoms with van der Waals surface area (Å²) in [5, 5.41) is 9.55. The van der Waals surface area contributed by atoms with Gasteiger partial charge in [-0.15, -0.1) is 0 Å². The van der Waals surface area contributed by atoms with Gasteiger partial charge in [-0.2, -0.15) is 0 Å². The molecule has 0 aliphatic heterocycles. The Labute approximate surface area is 95.5 Å². The Morgan fingerprint density at radius 2 is 2.12 bits per heavy atom. The molecule has 0 bridgehead atoms. The van der Waals surface area contributed by atoms with Crippen LogP contribution in [0.3, 0.4) is 0 Å². The van der Waals surface area contributed by atoms with Gasteiger partial charge in [0.15, 0.2) is 6.29 Å². The molecule has 2 aromatic rings.